The van der Waals surface area contributed by atoms with Crippen LogP contribution >= 0.6 is 11.8 Å². The lowest BCUT2D eigenvalue weighted by Crippen LogP contribution is -2.34. The average molecular weight is 243 g/mol. The summed E-state index contributed by atoms with van der Waals surface area (Å²) in [5.41, 5.74) is 7.01. The number of rotatable bonds is 4. The van der Waals surface area contributed by atoms with E-state index < -0.39 is 6.43 Å². The van der Waals surface area contributed by atoms with E-state index in [0.29, 0.717) is 12.0 Å². The molecule has 0 heterocycles. The van der Waals surface area contributed by atoms with Gasteiger partial charge in [0.15, 0.2) is 0 Å². The third-order valence-electron chi connectivity index (χ3n) is 2.90. The first-order valence-electron chi connectivity index (χ1n) is 5.41. The lowest BCUT2D eigenvalue weighted by molar-refractivity contribution is 0.177. The maximum Gasteiger partial charge on any atom is 0.247 e. The van der Waals surface area contributed by atoms with Crippen LogP contribution in [0.4, 0.5) is 8.78 Å². The fourth-order valence-electron chi connectivity index (χ4n) is 1.93. The lowest BCUT2D eigenvalue weighted by Gasteiger charge is -2.32. The van der Waals surface area contributed by atoms with Crippen LogP contribution in [0.3, 0.4) is 0 Å². The van der Waals surface area contributed by atoms with Crippen molar-refractivity contribution in [2.45, 2.75) is 36.1 Å². The summed E-state index contributed by atoms with van der Waals surface area (Å²) < 4.78 is 24.0. The van der Waals surface area contributed by atoms with E-state index in [1.165, 1.54) is 17.3 Å². The molecule has 1 saturated carbocycles. The first-order chi connectivity index (χ1) is 7.65. The number of alkyl halides is 2. The third kappa shape index (κ3) is 2.95. The minimum Gasteiger partial charge on any atom is -0.328 e. The van der Waals surface area contributed by atoms with Crippen LogP contribution in [0.5, 0.6) is 0 Å². The number of thioether (sulfide) groups is 1. The van der Waals surface area contributed by atoms with Crippen molar-refractivity contribution in [3.05, 3.63) is 29.8 Å². The van der Waals surface area contributed by atoms with Gasteiger partial charge in [0.05, 0.1) is 5.75 Å². The van der Waals surface area contributed by atoms with Crippen LogP contribution < -0.4 is 5.73 Å². The summed E-state index contributed by atoms with van der Waals surface area (Å²) in [4.78, 5) is 0.910. The van der Waals surface area contributed by atoms with Crippen molar-refractivity contribution in [1.82, 2.24) is 0 Å². The molecule has 4 heteroatoms. The van der Waals surface area contributed by atoms with Crippen molar-refractivity contribution >= 4 is 11.8 Å². The fraction of sp³-hybridized carbons (Fsp3) is 0.500. The number of hydrogen-bond acceptors (Lipinski definition) is 2. The van der Waals surface area contributed by atoms with Crippen LogP contribution in [0.15, 0.2) is 29.2 Å². The Hall–Kier alpha value is -0.610. The van der Waals surface area contributed by atoms with E-state index in [4.69, 9.17) is 5.73 Å². The molecule has 1 aromatic carbocycles. The molecule has 0 amide bonds. The highest BCUT2D eigenvalue weighted by molar-refractivity contribution is 7.99. The molecular formula is C12H15F2NS. The monoisotopic (exact) mass is 243 g/mol. The number of benzene rings is 1. The summed E-state index contributed by atoms with van der Waals surface area (Å²) in [7, 11) is 0. The quantitative estimate of drug-likeness (QED) is 0.821. The number of halogens is 2. The Morgan fingerprint density at radius 3 is 2.38 bits per heavy atom. The smallest absolute Gasteiger partial charge is 0.247 e. The first kappa shape index (κ1) is 11.9. The van der Waals surface area contributed by atoms with Crippen molar-refractivity contribution in [3.8, 4) is 0 Å². The molecule has 2 rings (SSSR count). The molecule has 0 aromatic heterocycles. The van der Waals surface area contributed by atoms with Crippen molar-refractivity contribution < 1.29 is 8.78 Å². The molecule has 1 nitrogen and oxygen atoms in total. The summed E-state index contributed by atoms with van der Waals surface area (Å²) in [5, 5.41) is 0. The Morgan fingerprint density at radius 2 is 1.88 bits per heavy atom. The van der Waals surface area contributed by atoms with Crippen molar-refractivity contribution in [2.75, 3.05) is 5.75 Å². The van der Waals surface area contributed by atoms with Crippen molar-refractivity contribution in [3.63, 3.8) is 0 Å². The van der Waals surface area contributed by atoms with E-state index in [1.54, 1.807) is 0 Å². The molecule has 0 radical (unpaired) electrons. The van der Waals surface area contributed by atoms with Gasteiger partial charge >= 0.3 is 0 Å². The van der Waals surface area contributed by atoms with Crippen LogP contribution in [0.25, 0.3) is 0 Å². The molecule has 1 aromatic rings. The second-order valence-corrected chi connectivity index (χ2v) is 5.29. The van der Waals surface area contributed by atoms with Gasteiger partial charge in [0.25, 0.3) is 0 Å². The molecular weight excluding hydrogens is 228 g/mol. The first-order valence-corrected chi connectivity index (χ1v) is 6.40. The molecule has 1 aliphatic carbocycles. The van der Waals surface area contributed by atoms with E-state index in [2.05, 4.69) is 0 Å². The number of hydrogen-bond donors (Lipinski definition) is 1. The fourth-order valence-corrected chi connectivity index (χ4v) is 2.58. The molecule has 0 unspecified atom stereocenters. The van der Waals surface area contributed by atoms with E-state index in [-0.39, 0.29) is 5.75 Å². The number of nitrogens with two attached hydrogens (primary N) is 1. The van der Waals surface area contributed by atoms with Crippen LogP contribution in [-0.2, 0) is 0 Å². The van der Waals surface area contributed by atoms with Gasteiger partial charge in [-0.25, -0.2) is 8.78 Å². The highest BCUT2D eigenvalue weighted by Crippen LogP contribution is 2.36. The van der Waals surface area contributed by atoms with E-state index in [9.17, 15) is 8.78 Å². The summed E-state index contributed by atoms with van der Waals surface area (Å²) in [5.74, 6) is 0.442. The van der Waals surface area contributed by atoms with Crippen LogP contribution in [0.2, 0.25) is 0 Å². The van der Waals surface area contributed by atoms with Crippen molar-refractivity contribution in [1.29, 1.82) is 0 Å². The van der Waals surface area contributed by atoms with Crippen molar-refractivity contribution in [2.24, 2.45) is 5.73 Å². The molecule has 16 heavy (non-hydrogen) atoms. The zero-order chi connectivity index (χ0) is 11.5. The Balaban J connectivity index is 1.89. The Kier molecular flexibility index (Phi) is 3.82. The second-order valence-electron chi connectivity index (χ2n) is 4.20. The Morgan fingerprint density at radius 1 is 1.25 bits per heavy atom. The van der Waals surface area contributed by atoms with E-state index in [1.807, 2.05) is 24.3 Å². The largest absolute Gasteiger partial charge is 0.328 e. The van der Waals surface area contributed by atoms with Gasteiger partial charge in [-0.2, -0.15) is 0 Å². The molecule has 0 bridgehead atoms. The predicted molar refractivity (Wildman–Crippen MR) is 63.1 cm³/mol. The van der Waals surface area contributed by atoms with Crippen LogP contribution in [-0.4, -0.2) is 18.2 Å². The molecule has 1 fully saturated rings. The zero-order valence-corrected chi connectivity index (χ0v) is 9.72. The second kappa shape index (κ2) is 5.15. The normalized spacial score (nSPS) is 24.5. The molecule has 2 N–H and O–H groups in total. The van der Waals surface area contributed by atoms with Gasteiger partial charge in [-0.1, -0.05) is 12.1 Å². The van der Waals surface area contributed by atoms with Gasteiger partial charge < -0.3 is 5.73 Å². The zero-order valence-electron chi connectivity index (χ0n) is 8.90. The molecule has 1 aliphatic rings. The van der Waals surface area contributed by atoms with Gasteiger partial charge in [-0.05, 0) is 36.5 Å². The molecule has 0 atom stereocenters. The van der Waals surface area contributed by atoms with E-state index in [0.717, 1.165) is 17.7 Å². The standard InChI is InChI=1S/C12H15F2NS/c13-12(14)7-16-11-3-1-8(2-4-11)9-5-10(15)6-9/h1-4,9-10,12H,5-7,15H2. The van der Waals surface area contributed by atoms with Gasteiger partial charge in [-0.15, -0.1) is 11.8 Å². The molecule has 0 saturated heterocycles. The predicted octanol–water partition coefficient (Wildman–Crippen LogP) is 3.25. The summed E-state index contributed by atoms with van der Waals surface area (Å²) >= 11 is 1.20. The van der Waals surface area contributed by atoms with E-state index >= 15 is 0 Å². The third-order valence-corrected chi connectivity index (χ3v) is 3.93. The van der Waals surface area contributed by atoms with Crippen LogP contribution in [0.1, 0.15) is 24.3 Å². The van der Waals surface area contributed by atoms with Gasteiger partial charge in [0.1, 0.15) is 0 Å². The Bertz CT molecular complexity index is 333. The highest BCUT2D eigenvalue weighted by Gasteiger charge is 2.26. The van der Waals surface area contributed by atoms with Crippen LogP contribution in [0, 0.1) is 0 Å². The lowest BCUT2D eigenvalue weighted by atomic mass is 9.76. The maximum absolute atomic E-state index is 12.0. The molecule has 0 spiro atoms. The van der Waals surface area contributed by atoms with Gasteiger partial charge in [-0.3, -0.25) is 0 Å². The summed E-state index contributed by atoms with van der Waals surface area (Å²) in [6, 6.07) is 8.26. The SMILES string of the molecule is NC1CC(c2ccc(SCC(F)F)cc2)C1. The minimum absolute atomic E-state index is 0.131. The minimum atomic E-state index is -2.24. The molecule has 88 valence electrons. The molecule has 0 aliphatic heterocycles. The highest BCUT2D eigenvalue weighted by atomic mass is 32.2. The summed E-state index contributed by atoms with van der Waals surface area (Å²) in [6.45, 7) is 0. The Labute approximate surface area is 98.4 Å². The maximum atomic E-state index is 12.0. The van der Waals surface area contributed by atoms with Gasteiger partial charge in [0.2, 0.25) is 6.43 Å². The van der Waals surface area contributed by atoms with Gasteiger partial charge in [0, 0.05) is 10.9 Å². The average Bonchev–Trinajstić information content (AvgIpc) is 2.23. The summed E-state index contributed by atoms with van der Waals surface area (Å²) in [6.07, 6.45) is -0.151. The topological polar surface area (TPSA) is 26.0 Å².